The number of nitrogens with one attached hydrogen (secondary N) is 1. The maximum absolute atomic E-state index is 13.4. The lowest BCUT2D eigenvalue weighted by atomic mass is 10.1. The van der Waals surface area contributed by atoms with Crippen LogP contribution in [0.2, 0.25) is 0 Å². The van der Waals surface area contributed by atoms with Crippen LogP contribution in [-0.4, -0.2) is 30.8 Å². The van der Waals surface area contributed by atoms with E-state index in [4.69, 9.17) is 0 Å². The molecule has 2 aromatic carbocycles. The van der Waals surface area contributed by atoms with E-state index in [1.165, 1.54) is 12.1 Å². The minimum atomic E-state index is -0.839. The van der Waals surface area contributed by atoms with Crippen molar-refractivity contribution in [3.63, 3.8) is 0 Å². The number of aromatic nitrogens is 4. The quantitative estimate of drug-likeness (QED) is 0.477. The van der Waals surface area contributed by atoms with E-state index in [0.29, 0.717) is 24.3 Å². The standard InChI is InChI=1S/C23H23FN4O2/c1-3-18-17(12-22(29)30)21(4-2)28(27-18)13-14-5-7-15(8-6-14)23-25-19-10-9-16(24)11-20(19)26-23/h5-11H,3-4,12-13H2,1-2H3,(H,25,26)(H,29,30). The van der Waals surface area contributed by atoms with Crippen molar-refractivity contribution in [2.24, 2.45) is 0 Å². The molecule has 0 radical (unpaired) electrons. The number of aliphatic carboxylic acids is 1. The number of imidazole rings is 1. The van der Waals surface area contributed by atoms with Gasteiger partial charge in [-0.3, -0.25) is 9.48 Å². The molecule has 154 valence electrons. The van der Waals surface area contributed by atoms with Crippen LogP contribution in [-0.2, 0) is 30.6 Å². The normalized spacial score (nSPS) is 11.3. The first-order valence-electron chi connectivity index (χ1n) is 10.0. The van der Waals surface area contributed by atoms with Gasteiger partial charge in [0.15, 0.2) is 0 Å². The van der Waals surface area contributed by atoms with Gasteiger partial charge in [-0.15, -0.1) is 0 Å². The number of H-pyrrole nitrogens is 1. The minimum Gasteiger partial charge on any atom is -0.481 e. The van der Waals surface area contributed by atoms with Crippen LogP contribution in [0.4, 0.5) is 4.39 Å². The van der Waals surface area contributed by atoms with Crippen LogP contribution in [0, 0.1) is 5.82 Å². The average Bonchev–Trinajstić information content (AvgIpc) is 3.28. The van der Waals surface area contributed by atoms with Crippen LogP contribution in [0.25, 0.3) is 22.4 Å². The van der Waals surface area contributed by atoms with Crippen molar-refractivity contribution in [3.05, 3.63) is 70.8 Å². The van der Waals surface area contributed by atoms with Gasteiger partial charge >= 0.3 is 5.97 Å². The first kappa shape index (κ1) is 19.8. The average molecular weight is 406 g/mol. The van der Waals surface area contributed by atoms with Gasteiger partial charge in [-0.2, -0.15) is 5.10 Å². The fraction of sp³-hybridized carbons (Fsp3) is 0.261. The van der Waals surface area contributed by atoms with E-state index in [9.17, 15) is 14.3 Å². The van der Waals surface area contributed by atoms with Gasteiger partial charge in [-0.25, -0.2) is 9.37 Å². The van der Waals surface area contributed by atoms with Gasteiger partial charge in [0.05, 0.1) is 29.7 Å². The lowest BCUT2D eigenvalue weighted by molar-refractivity contribution is -0.136. The molecule has 4 aromatic rings. The Kier molecular flexibility index (Phi) is 5.35. The summed E-state index contributed by atoms with van der Waals surface area (Å²) in [4.78, 5) is 18.9. The second kappa shape index (κ2) is 8.10. The Morgan fingerprint density at radius 1 is 1.13 bits per heavy atom. The highest BCUT2D eigenvalue weighted by Gasteiger charge is 2.18. The van der Waals surface area contributed by atoms with Gasteiger partial charge in [0.1, 0.15) is 11.6 Å². The van der Waals surface area contributed by atoms with Gasteiger partial charge in [0, 0.05) is 16.8 Å². The molecule has 0 aliphatic rings. The Morgan fingerprint density at radius 3 is 2.57 bits per heavy atom. The van der Waals surface area contributed by atoms with Crippen molar-refractivity contribution < 1.29 is 14.3 Å². The summed E-state index contributed by atoms with van der Waals surface area (Å²) in [6.07, 6.45) is 1.43. The lowest BCUT2D eigenvalue weighted by Gasteiger charge is -2.08. The molecule has 0 aliphatic carbocycles. The van der Waals surface area contributed by atoms with Crippen molar-refractivity contribution in [1.29, 1.82) is 0 Å². The van der Waals surface area contributed by atoms with E-state index < -0.39 is 5.97 Å². The molecule has 2 N–H and O–H groups in total. The van der Waals surface area contributed by atoms with E-state index >= 15 is 0 Å². The van der Waals surface area contributed by atoms with Gasteiger partial charge < -0.3 is 10.1 Å². The van der Waals surface area contributed by atoms with Gasteiger partial charge in [0.2, 0.25) is 0 Å². The third-order valence-corrected chi connectivity index (χ3v) is 5.25. The zero-order valence-corrected chi connectivity index (χ0v) is 16.9. The van der Waals surface area contributed by atoms with Crippen LogP contribution in [0.3, 0.4) is 0 Å². The molecule has 7 heteroatoms. The first-order chi connectivity index (χ1) is 14.5. The third-order valence-electron chi connectivity index (χ3n) is 5.25. The molecular weight excluding hydrogens is 383 g/mol. The predicted molar refractivity (Wildman–Crippen MR) is 113 cm³/mol. The van der Waals surface area contributed by atoms with Crippen LogP contribution < -0.4 is 0 Å². The summed E-state index contributed by atoms with van der Waals surface area (Å²) in [5, 5.41) is 13.9. The second-order valence-corrected chi connectivity index (χ2v) is 7.25. The summed E-state index contributed by atoms with van der Waals surface area (Å²) in [5.41, 5.74) is 6.00. The predicted octanol–water partition coefficient (Wildman–Crippen LogP) is 4.37. The summed E-state index contributed by atoms with van der Waals surface area (Å²) in [6.45, 7) is 4.58. The Labute approximate surface area is 173 Å². The van der Waals surface area contributed by atoms with Gasteiger partial charge in [0.25, 0.3) is 0 Å². The number of benzene rings is 2. The third kappa shape index (κ3) is 3.83. The molecule has 2 heterocycles. The van der Waals surface area contributed by atoms with E-state index in [1.54, 1.807) is 6.07 Å². The Bertz CT molecular complexity index is 1210. The molecule has 2 aromatic heterocycles. The molecule has 0 atom stereocenters. The maximum atomic E-state index is 13.4. The van der Waals surface area contributed by atoms with E-state index in [-0.39, 0.29) is 12.2 Å². The Hall–Kier alpha value is -3.48. The van der Waals surface area contributed by atoms with E-state index in [0.717, 1.165) is 40.0 Å². The summed E-state index contributed by atoms with van der Waals surface area (Å²) in [5.74, 6) is -0.450. The molecule has 0 aliphatic heterocycles. The maximum Gasteiger partial charge on any atom is 0.307 e. The molecule has 0 fully saturated rings. The highest BCUT2D eigenvalue weighted by Crippen LogP contribution is 2.23. The molecule has 6 nitrogen and oxygen atoms in total. The van der Waals surface area contributed by atoms with Gasteiger partial charge in [-0.1, -0.05) is 38.1 Å². The highest BCUT2D eigenvalue weighted by molar-refractivity contribution is 5.79. The molecule has 0 saturated heterocycles. The van der Waals surface area contributed by atoms with Crippen molar-refractivity contribution in [2.75, 3.05) is 0 Å². The number of hydrogen-bond acceptors (Lipinski definition) is 3. The number of aryl methyl sites for hydroxylation is 1. The number of fused-ring (bicyclic) bond motifs is 1. The van der Waals surface area contributed by atoms with Crippen molar-refractivity contribution >= 4 is 17.0 Å². The van der Waals surface area contributed by atoms with Crippen LogP contribution >= 0.6 is 0 Å². The number of halogens is 1. The summed E-state index contributed by atoms with van der Waals surface area (Å²) < 4.78 is 15.3. The van der Waals surface area contributed by atoms with Crippen LogP contribution in [0.1, 0.15) is 36.4 Å². The molecular formula is C23H23FN4O2. The number of carboxylic acids is 1. The summed E-state index contributed by atoms with van der Waals surface area (Å²) in [7, 11) is 0. The van der Waals surface area contributed by atoms with Crippen LogP contribution in [0.5, 0.6) is 0 Å². The molecule has 0 amide bonds. The fourth-order valence-electron chi connectivity index (χ4n) is 3.81. The van der Waals surface area contributed by atoms with E-state index in [1.807, 2.05) is 42.8 Å². The van der Waals surface area contributed by atoms with E-state index in [2.05, 4.69) is 15.1 Å². The van der Waals surface area contributed by atoms with Crippen molar-refractivity contribution in [1.82, 2.24) is 19.7 Å². The lowest BCUT2D eigenvalue weighted by Crippen LogP contribution is -2.08. The number of hydrogen-bond donors (Lipinski definition) is 2. The largest absolute Gasteiger partial charge is 0.481 e. The number of carbonyl (C=O) groups is 1. The Morgan fingerprint density at radius 2 is 1.90 bits per heavy atom. The molecule has 0 unspecified atom stereocenters. The van der Waals surface area contributed by atoms with Gasteiger partial charge in [-0.05, 0) is 36.6 Å². The first-order valence-corrected chi connectivity index (χ1v) is 10.0. The molecule has 30 heavy (non-hydrogen) atoms. The number of carboxylic acid groups (broad SMARTS) is 1. The second-order valence-electron chi connectivity index (χ2n) is 7.25. The van der Waals surface area contributed by atoms with Crippen molar-refractivity contribution in [3.8, 4) is 11.4 Å². The highest BCUT2D eigenvalue weighted by atomic mass is 19.1. The molecule has 0 saturated carbocycles. The fourth-order valence-corrected chi connectivity index (χ4v) is 3.81. The summed E-state index contributed by atoms with van der Waals surface area (Å²) in [6, 6.07) is 12.4. The number of rotatable bonds is 7. The zero-order valence-electron chi connectivity index (χ0n) is 16.9. The monoisotopic (exact) mass is 406 g/mol. The number of nitrogens with zero attached hydrogens (tertiary/aromatic N) is 3. The SMILES string of the molecule is CCc1nn(Cc2ccc(-c3nc4ccc(F)cc4[nH]3)cc2)c(CC)c1CC(=O)O. The van der Waals surface area contributed by atoms with Crippen molar-refractivity contribution in [2.45, 2.75) is 39.7 Å². The van der Waals surface area contributed by atoms with Crippen LogP contribution in [0.15, 0.2) is 42.5 Å². The Balaban J connectivity index is 1.60. The molecule has 0 spiro atoms. The smallest absolute Gasteiger partial charge is 0.307 e. The molecule has 4 rings (SSSR count). The zero-order chi connectivity index (χ0) is 21.3. The number of aromatic amines is 1. The topological polar surface area (TPSA) is 83.8 Å². The molecule has 0 bridgehead atoms. The summed E-state index contributed by atoms with van der Waals surface area (Å²) >= 11 is 0. The minimum absolute atomic E-state index is 0.00205.